The van der Waals surface area contributed by atoms with Crippen LogP contribution in [0, 0.1) is 0 Å². The number of amides is 1. The third kappa shape index (κ3) is 2.82. The highest BCUT2D eigenvalue weighted by Crippen LogP contribution is 2.32. The Morgan fingerprint density at radius 3 is 2.75 bits per heavy atom. The Bertz CT molecular complexity index is 502. The Morgan fingerprint density at radius 2 is 2.15 bits per heavy atom. The van der Waals surface area contributed by atoms with E-state index < -0.39 is 5.54 Å². The van der Waals surface area contributed by atoms with Crippen molar-refractivity contribution in [2.24, 2.45) is 5.73 Å². The van der Waals surface area contributed by atoms with Crippen molar-refractivity contribution >= 4 is 17.5 Å². The molecule has 1 amide bonds. The van der Waals surface area contributed by atoms with Crippen molar-refractivity contribution < 1.29 is 4.79 Å². The van der Waals surface area contributed by atoms with E-state index in [0.717, 1.165) is 12.1 Å². The van der Waals surface area contributed by atoms with E-state index >= 15 is 0 Å². The largest absolute Gasteiger partial charge is 0.353 e. The molecule has 0 spiro atoms. The minimum absolute atomic E-state index is 0.0326. The van der Waals surface area contributed by atoms with Crippen molar-refractivity contribution in [3.8, 4) is 0 Å². The van der Waals surface area contributed by atoms with Crippen LogP contribution in [0.1, 0.15) is 32.4 Å². The van der Waals surface area contributed by atoms with Crippen molar-refractivity contribution in [2.75, 3.05) is 13.1 Å². The highest BCUT2D eigenvalue weighted by Gasteiger charge is 2.42. The van der Waals surface area contributed by atoms with Crippen LogP contribution in [0.5, 0.6) is 0 Å². The van der Waals surface area contributed by atoms with Gasteiger partial charge in [-0.05, 0) is 38.5 Å². The fraction of sp³-hybridized carbons (Fsp3) is 0.533. The Hall–Kier alpha value is -1.10. The lowest BCUT2D eigenvalue weighted by Gasteiger charge is -2.47. The molecule has 0 radical (unpaired) electrons. The second-order valence-electron chi connectivity index (χ2n) is 5.87. The van der Waals surface area contributed by atoms with Gasteiger partial charge in [-0.1, -0.05) is 23.7 Å². The van der Waals surface area contributed by atoms with Gasteiger partial charge >= 0.3 is 0 Å². The van der Waals surface area contributed by atoms with Crippen molar-refractivity contribution in [3.05, 3.63) is 34.9 Å². The molecule has 1 heterocycles. The highest BCUT2D eigenvalue weighted by molar-refractivity contribution is 6.30. The van der Waals surface area contributed by atoms with Gasteiger partial charge in [0.2, 0.25) is 5.91 Å². The maximum Gasteiger partial charge on any atom is 0.240 e. The van der Waals surface area contributed by atoms with E-state index in [-0.39, 0.29) is 18.0 Å². The molecular formula is C15H22ClN3O. The van der Waals surface area contributed by atoms with Gasteiger partial charge < -0.3 is 11.1 Å². The summed E-state index contributed by atoms with van der Waals surface area (Å²) >= 11 is 6.09. The molecule has 1 aliphatic heterocycles. The second-order valence-corrected chi connectivity index (χ2v) is 6.30. The van der Waals surface area contributed by atoms with Gasteiger partial charge in [0.1, 0.15) is 0 Å². The Balaban J connectivity index is 2.40. The van der Waals surface area contributed by atoms with E-state index in [2.05, 4.69) is 10.2 Å². The predicted octanol–water partition coefficient (Wildman–Crippen LogP) is 1.94. The highest BCUT2D eigenvalue weighted by atomic mass is 35.5. The lowest BCUT2D eigenvalue weighted by molar-refractivity contribution is -0.137. The van der Waals surface area contributed by atoms with E-state index in [1.807, 2.05) is 45.0 Å². The Kier molecular flexibility index (Phi) is 4.37. The van der Waals surface area contributed by atoms with Gasteiger partial charge in [-0.15, -0.1) is 0 Å². The Labute approximate surface area is 125 Å². The molecule has 0 aromatic heterocycles. The molecule has 110 valence electrons. The molecule has 1 aromatic rings. The number of carbonyl (C=O) groups excluding carboxylic acids is 1. The molecule has 0 bridgehead atoms. The van der Waals surface area contributed by atoms with Crippen LogP contribution >= 0.6 is 11.6 Å². The fourth-order valence-corrected chi connectivity index (χ4v) is 3.06. The molecule has 5 heteroatoms. The van der Waals surface area contributed by atoms with E-state index in [9.17, 15) is 4.79 Å². The fourth-order valence-electron chi connectivity index (χ4n) is 2.86. The van der Waals surface area contributed by atoms with E-state index in [0.29, 0.717) is 11.6 Å². The van der Waals surface area contributed by atoms with Crippen LogP contribution in [0.15, 0.2) is 24.3 Å². The van der Waals surface area contributed by atoms with Gasteiger partial charge in [0.15, 0.2) is 0 Å². The first-order valence-electron chi connectivity index (χ1n) is 6.90. The van der Waals surface area contributed by atoms with Gasteiger partial charge in [0, 0.05) is 24.2 Å². The maximum absolute atomic E-state index is 12.1. The monoisotopic (exact) mass is 295 g/mol. The summed E-state index contributed by atoms with van der Waals surface area (Å²) in [5.41, 5.74) is 6.67. The molecule has 0 aliphatic carbocycles. The number of rotatable bonds is 3. The van der Waals surface area contributed by atoms with Gasteiger partial charge in [-0.25, -0.2) is 0 Å². The van der Waals surface area contributed by atoms with Crippen LogP contribution in [-0.2, 0) is 4.79 Å². The number of piperazine rings is 1. The molecule has 2 rings (SSSR count). The van der Waals surface area contributed by atoms with Crippen molar-refractivity contribution in [1.29, 1.82) is 0 Å². The SMILES string of the molecule is CC(N)C(c1cccc(Cl)c1)N1CCNC(=O)C1(C)C. The zero-order chi connectivity index (χ0) is 14.9. The number of hydrogen-bond acceptors (Lipinski definition) is 3. The number of halogens is 1. The van der Waals surface area contributed by atoms with E-state index in [4.69, 9.17) is 17.3 Å². The maximum atomic E-state index is 12.1. The quantitative estimate of drug-likeness (QED) is 0.896. The molecular weight excluding hydrogens is 274 g/mol. The lowest BCUT2D eigenvalue weighted by Crippen LogP contribution is -2.64. The van der Waals surface area contributed by atoms with Gasteiger partial charge in [-0.3, -0.25) is 9.69 Å². The van der Waals surface area contributed by atoms with E-state index in [1.54, 1.807) is 0 Å². The predicted molar refractivity (Wildman–Crippen MR) is 81.6 cm³/mol. The van der Waals surface area contributed by atoms with Crippen LogP contribution < -0.4 is 11.1 Å². The zero-order valence-electron chi connectivity index (χ0n) is 12.2. The average molecular weight is 296 g/mol. The first-order chi connectivity index (χ1) is 9.34. The molecule has 0 saturated carbocycles. The van der Waals surface area contributed by atoms with Crippen LogP contribution in [0.3, 0.4) is 0 Å². The summed E-state index contributed by atoms with van der Waals surface area (Å²) in [6, 6.07) is 7.58. The number of hydrogen-bond donors (Lipinski definition) is 2. The van der Waals surface area contributed by atoms with Crippen LogP contribution in [-0.4, -0.2) is 35.5 Å². The number of nitrogens with two attached hydrogens (primary N) is 1. The number of nitrogens with zero attached hydrogens (tertiary/aromatic N) is 1. The third-order valence-electron chi connectivity index (χ3n) is 3.94. The zero-order valence-corrected chi connectivity index (χ0v) is 12.9. The van der Waals surface area contributed by atoms with E-state index in [1.165, 1.54) is 0 Å². The summed E-state index contributed by atoms with van der Waals surface area (Å²) in [6.07, 6.45) is 0. The molecule has 1 fully saturated rings. The molecule has 1 aromatic carbocycles. The summed E-state index contributed by atoms with van der Waals surface area (Å²) in [5, 5.41) is 3.60. The smallest absolute Gasteiger partial charge is 0.240 e. The van der Waals surface area contributed by atoms with Gasteiger partial charge in [0.25, 0.3) is 0 Å². The van der Waals surface area contributed by atoms with Crippen LogP contribution in [0.25, 0.3) is 0 Å². The standard InChI is InChI=1S/C15H22ClN3O/c1-10(17)13(11-5-4-6-12(16)9-11)19-8-7-18-14(20)15(19,2)3/h4-6,9-10,13H,7-8,17H2,1-3H3,(H,18,20). The second kappa shape index (κ2) is 5.72. The minimum Gasteiger partial charge on any atom is -0.353 e. The summed E-state index contributed by atoms with van der Waals surface area (Å²) in [4.78, 5) is 14.3. The number of carbonyl (C=O) groups is 1. The van der Waals surface area contributed by atoms with Gasteiger partial charge in [0.05, 0.1) is 11.6 Å². The molecule has 2 atom stereocenters. The summed E-state index contributed by atoms with van der Waals surface area (Å²) < 4.78 is 0. The first-order valence-corrected chi connectivity index (χ1v) is 7.28. The van der Waals surface area contributed by atoms with Crippen LogP contribution in [0.4, 0.5) is 0 Å². The minimum atomic E-state index is -0.584. The molecule has 4 nitrogen and oxygen atoms in total. The van der Waals surface area contributed by atoms with Gasteiger partial charge in [-0.2, -0.15) is 0 Å². The normalized spacial score (nSPS) is 22.1. The molecule has 1 saturated heterocycles. The average Bonchev–Trinajstić information content (AvgIpc) is 2.35. The van der Waals surface area contributed by atoms with Crippen molar-refractivity contribution in [3.63, 3.8) is 0 Å². The summed E-state index contributed by atoms with van der Waals surface area (Å²) in [6.45, 7) is 7.25. The number of nitrogens with one attached hydrogen (secondary N) is 1. The third-order valence-corrected chi connectivity index (χ3v) is 4.17. The lowest BCUT2D eigenvalue weighted by atomic mass is 9.90. The molecule has 3 N–H and O–H groups in total. The molecule has 1 aliphatic rings. The first kappa shape index (κ1) is 15.3. The topological polar surface area (TPSA) is 58.4 Å². The summed E-state index contributed by atoms with van der Waals surface area (Å²) in [7, 11) is 0. The summed E-state index contributed by atoms with van der Waals surface area (Å²) in [5.74, 6) is 0.0384. The Morgan fingerprint density at radius 1 is 1.45 bits per heavy atom. The molecule has 2 unspecified atom stereocenters. The van der Waals surface area contributed by atoms with Crippen LogP contribution in [0.2, 0.25) is 5.02 Å². The van der Waals surface area contributed by atoms with Crippen molar-refractivity contribution in [1.82, 2.24) is 10.2 Å². The molecule has 20 heavy (non-hydrogen) atoms. The van der Waals surface area contributed by atoms with Crippen molar-refractivity contribution in [2.45, 2.75) is 38.4 Å². The number of benzene rings is 1.